The van der Waals surface area contributed by atoms with Gasteiger partial charge in [0.1, 0.15) is 12.5 Å². The number of aromatic carboxylic acids is 1. The molecule has 9 heteroatoms. The molecular formula is C11H11N5O4. The van der Waals surface area contributed by atoms with Gasteiger partial charge in [-0.25, -0.2) is 19.4 Å². The molecule has 0 saturated carbocycles. The van der Waals surface area contributed by atoms with E-state index in [4.69, 9.17) is 5.11 Å². The lowest BCUT2D eigenvalue weighted by Gasteiger charge is -2.05. The maximum Gasteiger partial charge on any atom is 0.363 e. The van der Waals surface area contributed by atoms with E-state index in [1.54, 1.807) is 6.07 Å². The van der Waals surface area contributed by atoms with Crippen LogP contribution in [0.3, 0.4) is 0 Å². The van der Waals surface area contributed by atoms with Crippen molar-refractivity contribution in [3.8, 4) is 5.82 Å². The molecule has 0 fully saturated rings. The standard InChI is InChI=1S/C11H11N5O4/c1-6(2)7-3-9(13-5-12-7)15-4-8(16(19)20)10(14-15)11(17)18/h3-6H,1-2H3,(H,17,18). The molecule has 2 aromatic heterocycles. The predicted octanol–water partition coefficient (Wildman–Crippen LogP) is 1.39. The van der Waals surface area contributed by atoms with E-state index in [-0.39, 0.29) is 11.7 Å². The van der Waals surface area contributed by atoms with Gasteiger partial charge in [0.25, 0.3) is 0 Å². The Hall–Kier alpha value is -2.84. The minimum atomic E-state index is -1.46. The molecule has 0 aliphatic rings. The van der Waals surface area contributed by atoms with Gasteiger partial charge in [0, 0.05) is 11.8 Å². The second-order valence-electron chi connectivity index (χ2n) is 4.33. The van der Waals surface area contributed by atoms with Crippen LogP contribution >= 0.6 is 0 Å². The summed E-state index contributed by atoms with van der Waals surface area (Å²) in [5.74, 6) is -1.05. The molecule has 0 spiro atoms. The highest BCUT2D eigenvalue weighted by atomic mass is 16.6. The molecule has 2 heterocycles. The van der Waals surface area contributed by atoms with Crippen molar-refractivity contribution in [1.82, 2.24) is 19.7 Å². The average molecular weight is 277 g/mol. The molecule has 1 N–H and O–H groups in total. The SMILES string of the molecule is CC(C)c1cc(-n2cc([N+](=O)[O-])c(C(=O)O)n2)ncn1. The van der Waals surface area contributed by atoms with Crippen LogP contribution in [-0.4, -0.2) is 35.7 Å². The molecular weight excluding hydrogens is 266 g/mol. The van der Waals surface area contributed by atoms with Crippen molar-refractivity contribution in [3.05, 3.63) is 40.1 Å². The van der Waals surface area contributed by atoms with Gasteiger partial charge in [0.2, 0.25) is 5.69 Å². The lowest BCUT2D eigenvalue weighted by molar-refractivity contribution is -0.385. The number of nitro groups is 1. The van der Waals surface area contributed by atoms with E-state index in [0.29, 0.717) is 0 Å². The fourth-order valence-electron chi connectivity index (χ4n) is 1.57. The molecule has 9 nitrogen and oxygen atoms in total. The number of hydrogen-bond donors (Lipinski definition) is 1. The maximum absolute atomic E-state index is 10.9. The van der Waals surface area contributed by atoms with E-state index in [9.17, 15) is 14.9 Å². The van der Waals surface area contributed by atoms with Crippen LogP contribution in [-0.2, 0) is 0 Å². The van der Waals surface area contributed by atoms with Gasteiger partial charge in [-0.05, 0) is 5.92 Å². The van der Waals surface area contributed by atoms with Gasteiger partial charge in [-0.1, -0.05) is 13.8 Å². The zero-order chi connectivity index (χ0) is 14.9. The summed E-state index contributed by atoms with van der Waals surface area (Å²) >= 11 is 0. The molecule has 0 unspecified atom stereocenters. The second kappa shape index (κ2) is 5.03. The third kappa shape index (κ3) is 2.46. The van der Waals surface area contributed by atoms with Crippen LogP contribution in [0.15, 0.2) is 18.6 Å². The Morgan fingerprint density at radius 1 is 1.45 bits per heavy atom. The number of nitrogens with zero attached hydrogens (tertiary/aromatic N) is 5. The van der Waals surface area contributed by atoms with Gasteiger partial charge >= 0.3 is 11.7 Å². The normalized spacial score (nSPS) is 10.8. The van der Waals surface area contributed by atoms with Crippen LogP contribution in [0.5, 0.6) is 0 Å². The molecule has 0 saturated heterocycles. The second-order valence-corrected chi connectivity index (χ2v) is 4.33. The van der Waals surface area contributed by atoms with Crippen molar-refractivity contribution < 1.29 is 14.8 Å². The molecule has 0 aliphatic carbocycles. The maximum atomic E-state index is 10.9. The summed E-state index contributed by atoms with van der Waals surface area (Å²) in [6.45, 7) is 3.86. The zero-order valence-corrected chi connectivity index (χ0v) is 10.7. The predicted molar refractivity (Wildman–Crippen MR) is 66.9 cm³/mol. The Labute approximate surface area is 113 Å². The zero-order valence-electron chi connectivity index (χ0n) is 10.7. The summed E-state index contributed by atoms with van der Waals surface area (Å²) in [6.07, 6.45) is 2.33. The highest BCUT2D eigenvalue weighted by Gasteiger charge is 2.26. The Morgan fingerprint density at radius 2 is 2.15 bits per heavy atom. The van der Waals surface area contributed by atoms with Crippen LogP contribution in [0.4, 0.5) is 5.69 Å². The molecule has 0 bridgehead atoms. The van der Waals surface area contributed by atoms with Crippen molar-refractivity contribution in [2.24, 2.45) is 0 Å². The van der Waals surface area contributed by atoms with Gasteiger partial charge in [-0.2, -0.15) is 5.10 Å². The monoisotopic (exact) mass is 277 g/mol. The highest BCUT2D eigenvalue weighted by molar-refractivity contribution is 5.89. The summed E-state index contributed by atoms with van der Waals surface area (Å²) in [4.78, 5) is 28.9. The molecule has 0 aromatic carbocycles. The first-order chi connectivity index (χ1) is 9.40. The highest BCUT2D eigenvalue weighted by Crippen LogP contribution is 2.20. The van der Waals surface area contributed by atoms with Crippen LogP contribution in [0.25, 0.3) is 5.82 Å². The number of rotatable bonds is 4. The molecule has 0 radical (unpaired) electrons. The lowest BCUT2D eigenvalue weighted by atomic mass is 10.1. The third-order valence-corrected chi connectivity index (χ3v) is 2.59. The van der Waals surface area contributed by atoms with Gasteiger partial charge in [-0.3, -0.25) is 10.1 Å². The number of carbonyl (C=O) groups is 1. The van der Waals surface area contributed by atoms with E-state index >= 15 is 0 Å². The minimum absolute atomic E-state index is 0.140. The lowest BCUT2D eigenvalue weighted by Crippen LogP contribution is -2.05. The average Bonchev–Trinajstić information content (AvgIpc) is 2.84. The Morgan fingerprint density at radius 3 is 2.65 bits per heavy atom. The van der Waals surface area contributed by atoms with Crippen LogP contribution < -0.4 is 0 Å². The van der Waals surface area contributed by atoms with Gasteiger partial charge in [-0.15, -0.1) is 0 Å². The first-order valence-electron chi connectivity index (χ1n) is 5.69. The molecule has 20 heavy (non-hydrogen) atoms. The van der Waals surface area contributed by atoms with Gasteiger partial charge < -0.3 is 5.11 Å². The molecule has 104 valence electrons. The molecule has 0 aliphatic heterocycles. The third-order valence-electron chi connectivity index (χ3n) is 2.59. The quantitative estimate of drug-likeness (QED) is 0.661. The van der Waals surface area contributed by atoms with E-state index < -0.39 is 22.3 Å². The molecule has 0 amide bonds. The van der Waals surface area contributed by atoms with Crippen LogP contribution in [0, 0.1) is 10.1 Å². The van der Waals surface area contributed by atoms with E-state index in [0.717, 1.165) is 16.6 Å². The first kappa shape index (κ1) is 13.6. The van der Waals surface area contributed by atoms with E-state index in [1.807, 2.05) is 13.8 Å². The van der Waals surface area contributed by atoms with Crippen molar-refractivity contribution in [1.29, 1.82) is 0 Å². The summed E-state index contributed by atoms with van der Waals surface area (Å²) < 4.78 is 1.06. The molecule has 2 aromatic rings. The summed E-state index contributed by atoms with van der Waals surface area (Å²) in [5.41, 5.74) is -0.480. The Bertz CT molecular complexity index is 648. The summed E-state index contributed by atoms with van der Waals surface area (Å²) in [7, 11) is 0. The Balaban J connectivity index is 2.53. The van der Waals surface area contributed by atoms with Crippen LogP contribution in [0.1, 0.15) is 35.9 Å². The number of hydrogen-bond acceptors (Lipinski definition) is 6. The van der Waals surface area contributed by atoms with Crippen molar-refractivity contribution >= 4 is 11.7 Å². The van der Waals surface area contributed by atoms with Crippen molar-refractivity contribution in [2.75, 3.05) is 0 Å². The molecule has 0 atom stereocenters. The van der Waals surface area contributed by atoms with Crippen molar-refractivity contribution in [2.45, 2.75) is 19.8 Å². The number of carboxylic acids is 1. The Kier molecular flexibility index (Phi) is 3.42. The summed E-state index contributed by atoms with van der Waals surface area (Å²) in [6, 6.07) is 1.60. The molecule has 2 rings (SSSR count). The number of carboxylic acid groups (broad SMARTS) is 1. The fraction of sp³-hybridized carbons (Fsp3) is 0.273. The van der Waals surface area contributed by atoms with Gasteiger partial charge in [0.05, 0.1) is 4.92 Å². The van der Waals surface area contributed by atoms with Crippen molar-refractivity contribution in [3.63, 3.8) is 0 Å². The first-order valence-corrected chi connectivity index (χ1v) is 5.69. The van der Waals surface area contributed by atoms with E-state index in [1.165, 1.54) is 6.33 Å². The van der Waals surface area contributed by atoms with E-state index in [2.05, 4.69) is 15.1 Å². The summed E-state index contributed by atoms with van der Waals surface area (Å²) in [5, 5.41) is 23.4. The largest absolute Gasteiger partial charge is 0.476 e. The fourth-order valence-corrected chi connectivity index (χ4v) is 1.57. The minimum Gasteiger partial charge on any atom is -0.476 e. The topological polar surface area (TPSA) is 124 Å². The number of aromatic nitrogens is 4. The van der Waals surface area contributed by atoms with Crippen LogP contribution in [0.2, 0.25) is 0 Å². The van der Waals surface area contributed by atoms with Gasteiger partial charge in [0.15, 0.2) is 5.82 Å². The smallest absolute Gasteiger partial charge is 0.363 e.